The van der Waals surface area contributed by atoms with Crippen molar-refractivity contribution in [3.8, 4) is 0 Å². The highest BCUT2D eigenvalue weighted by Gasteiger charge is 2.05. The van der Waals surface area contributed by atoms with Crippen LogP contribution in [-0.4, -0.2) is 41.0 Å². The lowest BCUT2D eigenvalue weighted by Gasteiger charge is -2.22. The first-order chi connectivity index (χ1) is 11.1. The fraction of sp³-hybridized carbons (Fsp3) is 0.267. The van der Waals surface area contributed by atoms with Crippen molar-refractivity contribution in [3.05, 3.63) is 41.0 Å². The van der Waals surface area contributed by atoms with Crippen LogP contribution in [0.4, 0.5) is 10.7 Å². The van der Waals surface area contributed by atoms with Gasteiger partial charge in [0.25, 0.3) is 0 Å². The molecule has 2 rings (SSSR count). The zero-order chi connectivity index (χ0) is 16.7. The van der Waals surface area contributed by atoms with E-state index in [4.69, 9.17) is 41.2 Å². The molecule has 0 saturated heterocycles. The first kappa shape index (κ1) is 18.1. The predicted molar refractivity (Wildman–Crippen MR) is 105 cm³/mol. The van der Waals surface area contributed by atoms with E-state index in [0.717, 1.165) is 29.3 Å². The van der Waals surface area contributed by atoms with Crippen LogP contribution in [0.1, 0.15) is 10.6 Å². The number of anilines is 1. The quantitative estimate of drug-likeness (QED) is 0.425. The van der Waals surface area contributed by atoms with Crippen LogP contribution in [0.2, 0.25) is 0 Å². The average Bonchev–Trinajstić information content (AvgIpc) is 3.02. The van der Waals surface area contributed by atoms with Crippen LogP contribution in [0.5, 0.6) is 0 Å². The Kier molecular flexibility index (Phi) is 7.23. The molecule has 0 fully saturated rings. The molecule has 0 unspecified atom stereocenters. The molecule has 0 spiro atoms. The molecule has 0 radical (unpaired) electrons. The molecule has 0 saturated carbocycles. The van der Waals surface area contributed by atoms with Crippen molar-refractivity contribution in [2.45, 2.75) is 0 Å². The van der Waals surface area contributed by atoms with Crippen LogP contribution in [0.3, 0.4) is 0 Å². The first-order valence-electron chi connectivity index (χ1n) is 6.90. The number of hydrogen-bond acceptors (Lipinski definition) is 5. The fourth-order valence-corrected chi connectivity index (χ4v) is 3.12. The third kappa shape index (κ3) is 5.42. The Hall–Kier alpha value is -1.21. The van der Waals surface area contributed by atoms with Crippen LogP contribution < -0.4 is 10.6 Å². The lowest BCUT2D eigenvalue weighted by Crippen LogP contribution is -2.27. The summed E-state index contributed by atoms with van der Waals surface area (Å²) in [5.74, 6) is 1.13. The topological polar surface area (TPSA) is 54.5 Å². The van der Waals surface area contributed by atoms with E-state index in [9.17, 15) is 0 Å². The molecule has 4 nitrogen and oxygen atoms in total. The normalized spacial score (nSPS) is 11.0. The van der Waals surface area contributed by atoms with E-state index in [1.807, 2.05) is 24.3 Å². The molecule has 0 aliphatic rings. The van der Waals surface area contributed by atoms with Gasteiger partial charge in [-0.15, -0.1) is 23.2 Å². The largest absolute Gasteiger partial charge is 0.387 e. The third-order valence-corrected chi connectivity index (χ3v) is 4.61. The van der Waals surface area contributed by atoms with Crippen LogP contribution in [0.15, 0.2) is 35.5 Å². The highest BCUT2D eigenvalue weighted by Crippen LogP contribution is 2.22. The predicted octanol–water partition coefficient (Wildman–Crippen LogP) is 3.81. The highest BCUT2D eigenvalue weighted by atomic mass is 35.5. The lowest BCUT2D eigenvalue weighted by molar-refractivity contribution is 0.874. The van der Waals surface area contributed by atoms with Crippen molar-refractivity contribution >= 4 is 68.6 Å². The molecule has 8 heteroatoms. The second kappa shape index (κ2) is 9.17. The minimum absolute atomic E-state index is 0.291. The molecule has 0 aliphatic heterocycles. The summed E-state index contributed by atoms with van der Waals surface area (Å²) in [7, 11) is 0. The number of nitrogens with zero attached hydrogens (tertiary/aromatic N) is 3. The molecule has 23 heavy (non-hydrogen) atoms. The number of rotatable bonds is 8. The maximum atomic E-state index is 5.83. The number of benzene rings is 1. The molecule has 0 aliphatic carbocycles. The van der Waals surface area contributed by atoms with Crippen LogP contribution in [0.25, 0.3) is 0 Å². The molecule has 1 aromatic carbocycles. The Morgan fingerprint density at radius 2 is 1.91 bits per heavy atom. The molecule has 2 aromatic rings. The van der Waals surface area contributed by atoms with Gasteiger partial charge >= 0.3 is 0 Å². The molecular weight excluding hydrogens is 371 g/mol. The van der Waals surface area contributed by atoms with Gasteiger partial charge in [-0.2, -0.15) is 0 Å². The summed E-state index contributed by atoms with van der Waals surface area (Å²) in [6, 6.07) is 8.08. The number of aliphatic imine (C=N–C) groups is 1. The number of alkyl halides is 2. The summed E-state index contributed by atoms with van der Waals surface area (Å²) in [5.41, 5.74) is 7.62. The van der Waals surface area contributed by atoms with Crippen molar-refractivity contribution in [1.82, 2.24) is 4.98 Å². The zero-order valence-corrected chi connectivity index (χ0v) is 15.4. The smallest absolute Gasteiger partial charge is 0.152 e. The van der Waals surface area contributed by atoms with E-state index in [2.05, 4.69) is 14.9 Å². The van der Waals surface area contributed by atoms with E-state index in [0.29, 0.717) is 21.8 Å². The fourth-order valence-electron chi connectivity index (χ4n) is 1.92. The van der Waals surface area contributed by atoms with Gasteiger partial charge in [-0.25, -0.2) is 9.98 Å². The van der Waals surface area contributed by atoms with E-state index in [1.54, 1.807) is 12.4 Å². The molecule has 1 heterocycles. The Morgan fingerprint density at radius 1 is 1.26 bits per heavy atom. The van der Waals surface area contributed by atoms with Gasteiger partial charge in [0.2, 0.25) is 0 Å². The van der Waals surface area contributed by atoms with Crippen molar-refractivity contribution in [3.63, 3.8) is 0 Å². The number of aromatic nitrogens is 1. The second-order valence-electron chi connectivity index (χ2n) is 4.58. The number of hydrogen-bond donors (Lipinski definition) is 1. The van der Waals surface area contributed by atoms with Gasteiger partial charge in [0.1, 0.15) is 9.99 Å². The van der Waals surface area contributed by atoms with Crippen molar-refractivity contribution < 1.29 is 0 Å². The Bertz CT molecular complexity index is 664. The minimum Gasteiger partial charge on any atom is -0.387 e. The zero-order valence-electron chi connectivity index (χ0n) is 12.3. The SMILES string of the molecule is NC(=S)c1ncc(N=Cc2ccc(N(CCCl)CCCl)cc2)s1. The second-order valence-corrected chi connectivity index (χ2v) is 6.79. The van der Waals surface area contributed by atoms with E-state index < -0.39 is 0 Å². The van der Waals surface area contributed by atoms with Gasteiger partial charge in [0.15, 0.2) is 5.01 Å². The van der Waals surface area contributed by atoms with E-state index >= 15 is 0 Å². The molecular formula is C15H16Cl2N4S2. The number of thiazole rings is 1. The minimum atomic E-state index is 0.291. The van der Waals surface area contributed by atoms with Gasteiger partial charge < -0.3 is 10.6 Å². The van der Waals surface area contributed by atoms with E-state index in [-0.39, 0.29) is 0 Å². The number of thiocarbonyl (C=S) groups is 1. The van der Waals surface area contributed by atoms with Crippen LogP contribution in [0, 0.1) is 0 Å². The number of halogens is 2. The van der Waals surface area contributed by atoms with Crippen LogP contribution in [-0.2, 0) is 0 Å². The molecule has 0 bridgehead atoms. The third-order valence-electron chi connectivity index (χ3n) is 3.01. The summed E-state index contributed by atoms with van der Waals surface area (Å²) < 4.78 is 0. The van der Waals surface area contributed by atoms with Gasteiger partial charge in [0, 0.05) is 36.8 Å². The average molecular weight is 387 g/mol. The Balaban J connectivity index is 2.06. The van der Waals surface area contributed by atoms with Gasteiger partial charge in [-0.1, -0.05) is 35.7 Å². The summed E-state index contributed by atoms with van der Waals surface area (Å²) >= 11 is 17.9. The van der Waals surface area contributed by atoms with Gasteiger partial charge in [-0.05, 0) is 17.7 Å². The first-order valence-corrected chi connectivity index (χ1v) is 9.20. The van der Waals surface area contributed by atoms with Crippen molar-refractivity contribution in [2.75, 3.05) is 29.7 Å². The standard InChI is InChI=1S/C15H16Cl2N4S2/c16-5-7-21(8-6-17)12-3-1-11(2-4-12)9-19-13-10-20-15(23-13)14(18)22/h1-4,9-10H,5-8H2,(H2,18,22). The number of nitrogens with two attached hydrogens (primary N) is 1. The molecule has 1 aromatic heterocycles. The summed E-state index contributed by atoms with van der Waals surface area (Å²) in [4.78, 5) is 10.9. The molecule has 0 atom stereocenters. The molecule has 122 valence electrons. The lowest BCUT2D eigenvalue weighted by atomic mass is 10.2. The maximum Gasteiger partial charge on any atom is 0.152 e. The van der Waals surface area contributed by atoms with Gasteiger partial charge in [0.05, 0.1) is 6.20 Å². The molecule has 0 amide bonds. The highest BCUT2D eigenvalue weighted by molar-refractivity contribution is 7.81. The Labute approximate surface area is 154 Å². The van der Waals surface area contributed by atoms with Crippen molar-refractivity contribution in [2.24, 2.45) is 10.7 Å². The van der Waals surface area contributed by atoms with Crippen LogP contribution >= 0.6 is 46.8 Å². The Morgan fingerprint density at radius 3 is 2.43 bits per heavy atom. The summed E-state index contributed by atoms with van der Waals surface area (Å²) in [5, 5.41) is 1.39. The maximum absolute atomic E-state index is 5.83. The monoisotopic (exact) mass is 386 g/mol. The summed E-state index contributed by atoms with van der Waals surface area (Å²) in [6.07, 6.45) is 3.45. The summed E-state index contributed by atoms with van der Waals surface area (Å²) in [6.45, 7) is 1.54. The molecule has 2 N–H and O–H groups in total. The van der Waals surface area contributed by atoms with Crippen molar-refractivity contribution in [1.29, 1.82) is 0 Å². The van der Waals surface area contributed by atoms with E-state index in [1.165, 1.54) is 11.3 Å². The van der Waals surface area contributed by atoms with Gasteiger partial charge in [-0.3, -0.25) is 0 Å².